The molecule has 0 aromatic heterocycles. The summed E-state index contributed by atoms with van der Waals surface area (Å²) in [6.45, 7) is 3.76. The van der Waals surface area contributed by atoms with Gasteiger partial charge < -0.3 is 24.3 Å². The van der Waals surface area contributed by atoms with Crippen LogP contribution in [0.25, 0.3) is 6.08 Å². The zero-order chi connectivity index (χ0) is 24.2. The average molecular weight is 459 g/mol. The summed E-state index contributed by atoms with van der Waals surface area (Å²) in [6, 6.07) is 16.0. The van der Waals surface area contributed by atoms with Gasteiger partial charge in [0.15, 0.2) is 23.9 Å². The molecule has 1 aliphatic rings. The van der Waals surface area contributed by atoms with E-state index in [1.165, 1.54) is 0 Å². The van der Waals surface area contributed by atoms with Gasteiger partial charge in [-0.15, -0.1) is 0 Å². The summed E-state index contributed by atoms with van der Waals surface area (Å²) in [5.41, 5.74) is 4.00. The Kier molecular flexibility index (Phi) is 6.54. The van der Waals surface area contributed by atoms with E-state index in [-0.39, 0.29) is 24.1 Å². The number of Topliss-reactive ketones (excluding diaryl/α,β-unsaturated/α-hetero) is 1. The molecule has 0 radical (unpaired) electrons. The Labute approximate surface area is 197 Å². The third-order valence-corrected chi connectivity index (χ3v) is 5.37. The number of carbonyl (C=O) groups excluding carboxylic acids is 2. The molecular weight excluding hydrogens is 434 g/mol. The van der Waals surface area contributed by atoms with Gasteiger partial charge in [0.05, 0.1) is 19.8 Å². The van der Waals surface area contributed by atoms with Crippen molar-refractivity contribution in [3.8, 4) is 23.0 Å². The van der Waals surface area contributed by atoms with Crippen molar-refractivity contribution in [1.29, 1.82) is 0 Å². The van der Waals surface area contributed by atoms with Crippen molar-refractivity contribution >= 4 is 23.5 Å². The molecule has 0 fully saturated rings. The fourth-order valence-corrected chi connectivity index (χ4v) is 3.64. The quantitative estimate of drug-likeness (QED) is 0.503. The number of ketones is 1. The maximum Gasteiger partial charge on any atom is 0.262 e. The van der Waals surface area contributed by atoms with Crippen molar-refractivity contribution in [3.63, 3.8) is 0 Å². The minimum Gasteiger partial charge on any atom is -0.493 e. The standard InChI is InChI=1S/C27H25NO6/c1-16-5-9-21(17(2)11-16)28-26(29)15-33-19-7-8-20-23(14-19)34-25(27(20)30)13-18-6-10-22(31-3)24(12-18)32-4/h5-14H,15H2,1-4H3,(H,28,29). The molecule has 1 aliphatic heterocycles. The molecule has 1 amide bonds. The van der Waals surface area contributed by atoms with Gasteiger partial charge in [0.25, 0.3) is 5.91 Å². The Morgan fingerprint density at radius 2 is 1.76 bits per heavy atom. The second-order valence-electron chi connectivity index (χ2n) is 7.87. The molecule has 34 heavy (non-hydrogen) atoms. The molecule has 1 N–H and O–H groups in total. The molecule has 0 aliphatic carbocycles. The third-order valence-electron chi connectivity index (χ3n) is 5.37. The molecule has 0 saturated heterocycles. The largest absolute Gasteiger partial charge is 0.493 e. The fourth-order valence-electron chi connectivity index (χ4n) is 3.64. The first-order chi connectivity index (χ1) is 16.4. The van der Waals surface area contributed by atoms with Gasteiger partial charge in [0, 0.05) is 11.8 Å². The number of hydrogen-bond acceptors (Lipinski definition) is 6. The van der Waals surface area contributed by atoms with E-state index in [0.29, 0.717) is 28.6 Å². The normalized spacial score (nSPS) is 13.3. The van der Waals surface area contributed by atoms with E-state index in [1.807, 2.05) is 32.0 Å². The van der Waals surface area contributed by atoms with E-state index in [4.69, 9.17) is 18.9 Å². The zero-order valence-corrected chi connectivity index (χ0v) is 19.4. The highest BCUT2D eigenvalue weighted by Crippen LogP contribution is 2.36. The number of allylic oxidation sites excluding steroid dienone is 1. The second-order valence-corrected chi connectivity index (χ2v) is 7.87. The van der Waals surface area contributed by atoms with Crippen molar-refractivity contribution < 1.29 is 28.5 Å². The van der Waals surface area contributed by atoms with Gasteiger partial charge in [-0.05, 0) is 61.4 Å². The molecule has 174 valence electrons. The van der Waals surface area contributed by atoms with Crippen LogP contribution in [0, 0.1) is 13.8 Å². The molecule has 0 bridgehead atoms. The Balaban J connectivity index is 1.43. The van der Waals surface area contributed by atoms with Crippen LogP contribution in [0.1, 0.15) is 27.0 Å². The van der Waals surface area contributed by atoms with Crippen LogP contribution in [-0.4, -0.2) is 32.5 Å². The maximum atomic E-state index is 12.8. The smallest absolute Gasteiger partial charge is 0.262 e. The summed E-state index contributed by atoms with van der Waals surface area (Å²) < 4.78 is 22.0. The van der Waals surface area contributed by atoms with Crippen LogP contribution in [0.5, 0.6) is 23.0 Å². The van der Waals surface area contributed by atoms with E-state index in [9.17, 15) is 9.59 Å². The van der Waals surface area contributed by atoms with E-state index >= 15 is 0 Å². The lowest BCUT2D eigenvalue weighted by atomic mass is 10.1. The van der Waals surface area contributed by atoms with Crippen LogP contribution in [0.3, 0.4) is 0 Å². The number of amides is 1. The van der Waals surface area contributed by atoms with Crippen molar-refractivity contribution in [1.82, 2.24) is 0 Å². The fraction of sp³-hybridized carbons (Fsp3) is 0.185. The molecule has 1 heterocycles. The number of anilines is 1. The molecular formula is C27H25NO6. The van der Waals surface area contributed by atoms with Gasteiger partial charge in [-0.25, -0.2) is 0 Å². The lowest BCUT2D eigenvalue weighted by molar-refractivity contribution is -0.118. The number of benzene rings is 3. The van der Waals surface area contributed by atoms with Crippen molar-refractivity contribution in [2.24, 2.45) is 0 Å². The minimum atomic E-state index is -0.279. The number of ether oxygens (including phenoxy) is 4. The molecule has 7 nitrogen and oxygen atoms in total. The minimum absolute atomic E-state index is 0.172. The van der Waals surface area contributed by atoms with E-state index in [1.54, 1.807) is 56.7 Å². The predicted molar refractivity (Wildman–Crippen MR) is 129 cm³/mol. The molecule has 0 atom stereocenters. The maximum absolute atomic E-state index is 12.8. The van der Waals surface area contributed by atoms with Crippen molar-refractivity contribution in [3.05, 3.63) is 82.6 Å². The van der Waals surface area contributed by atoms with Crippen LogP contribution in [0.15, 0.2) is 60.4 Å². The van der Waals surface area contributed by atoms with Gasteiger partial charge in [-0.2, -0.15) is 0 Å². The molecule has 3 aromatic rings. The Morgan fingerprint density at radius 3 is 2.50 bits per heavy atom. The van der Waals surface area contributed by atoms with E-state index in [0.717, 1.165) is 22.4 Å². The molecule has 0 spiro atoms. The highest BCUT2D eigenvalue weighted by molar-refractivity contribution is 6.14. The number of hydrogen-bond donors (Lipinski definition) is 1. The SMILES string of the molecule is COc1ccc(C=C2Oc3cc(OCC(=O)Nc4ccc(C)cc4C)ccc3C2=O)cc1OC. The molecule has 7 heteroatoms. The third kappa shape index (κ3) is 4.88. The average Bonchev–Trinajstić information content (AvgIpc) is 3.13. The van der Waals surface area contributed by atoms with Crippen LogP contribution in [0.4, 0.5) is 5.69 Å². The van der Waals surface area contributed by atoms with E-state index in [2.05, 4.69) is 5.32 Å². The molecule has 0 unspecified atom stereocenters. The Morgan fingerprint density at radius 1 is 0.971 bits per heavy atom. The van der Waals surface area contributed by atoms with Crippen LogP contribution in [-0.2, 0) is 4.79 Å². The summed E-state index contributed by atoms with van der Waals surface area (Å²) in [7, 11) is 3.11. The molecule has 3 aromatic carbocycles. The topological polar surface area (TPSA) is 83.1 Å². The first-order valence-corrected chi connectivity index (χ1v) is 10.7. The number of carbonyl (C=O) groups is 2. The lowest BCUT2D eigenvalue weighted by Gasteiger charge is -2.10. The number of fused-ring (bicyclic) bond motifs is 1. The van der Waals surface area contributed by atoms with Gasteiger partial charge in [-0.1, -0.05) is 23.8 Å². The van der Waals surface area contributed by atoms with Gasteiger partial charge in [0.2, 0.25) is 5.78 Å². The highest BCUT2D eigenvalue weighted by Gasteiger charge is 2.28. The first-order valence-electron chi connectivity index (χ1n) is 10.7. The Bertz CT molecular complexity index is 1290. The first kappa shape index (κ1) is 22.9. The lowest BCUT2D eigenvalue weighted by Crippen LogP contribution is -2.20. The summed E-state index contributed by atoms with van der Waals surface area (Å²) in [5.74, 6) is 1.62. The van der Waals surface area contributed by atoms with Crippen LogP contribution >= 0.6 is 0 Å². The summed E-state index contributed by atoms with van der Waals surface area (Å²) >= 11 is 0. The number of methoxy groups -OCH3 is 2. The van der Waals surface area contributed by atoms with Crippen molar-refractivity contribution in [2.75, 3.05) is 26.1 Å². The summed E-state index contributed by atoms with van der Waals surface area (Å²) in [6.07, 6.45) is 1.64. The summed E-state index contributed by atoms with van der Waals surface area (Å²) in [4.78, 5) is 25.1. The second kappa shape index (κ2) is 9.70. The van der Waals surface area contributed by atoms with Gasteiger partial charge in [-0.3, -0.25) is 9.59 Å². The predicted octanol–water partition coefficient (Wildman–Crippen LogP) is 4.95. The molecule has 4 rings (SSSR count). The van der Waals surface area contributed by atoms with Gasteiger partial charge in [0.1, 0.15) is 11.5 Å². The highest BCUT2D eigenvalue weighted by atomic mass is 16.5. The molecule has 0 saturated carbocycles. The summed E-state index contributed by atoms with van der Waals surface area (Å²) in [5, 5.41) is 2.84. The van der Waals surface area contributed by atoms with Crippen molar-refractivity contribution in [2.45, 2.75) is 13.8 Å². The monoisotopic (exact) mass is 459 g/mol. The van der Waals surface area contributed by atoms with Crippen LogP contribution in [0.2, 0.25) is 0 Å². The van der Waals surface area contributed by atoms with E-state index < -0.39 is 0 Å². The number of aryl methyl sites for hydroxylation is 2. The number of rotatable bonds is 7. The van der Waals surface area contributed by atoms with Gasteiger partial charge >= 0.3 is 0 Å². The van der Waals surface area contributed by atoms with Crippen LogP contribution < -0.4 is 24.3 Å². The Hall–Kier alpha value is -4.26. The number of nitrogens with one attached hydrogen (secondary N) is 1. The zero-order valence-electron chi connectivity index (χ0n) is 19.4.